The lowest BCUT2D eigenvalue weighted by Gasteiger charge is -2.31. The number of carbonyl (C=O) groups excluding carboxylic acids is 1. The smallest absolute Gasteiger partial charge is 0.253 e. The summed E-state index contributed by atoms with van der Waals surface area (Å²) < 4.78 is 12.7. The van der Waals surface area contributed by atoms with Gasteiger partial charge in [-0.3, -0.25) is 4.79 Å². The predicted molar refractivity (Wildman–Crippen MR) is 67.6 cm³/mol. The van der Waals surface area contributed by atoms with Crippen molar-refractivity contribution in [2.24, 2.45) is 11.8 Å². The van der Waals surface area contributed by atoms with Gasteiger partial charge in [-0.25, -0.2) is 4.98 Å². The summed E-state index contributed by atoms with van der Waals surface area (Å²) in [6, 6.07) is 2.90. The summed E-state index contributed by atoms with van der Waals surface area (Å²) in [5, 5.41) is 3.01. The lowest BCUT2D eigenvalue weighted by atomic mass is 9.80. The highest BCUT2D eigenvalue weighted by molar-refractivity contribution is 5.94. The molecule has 1 fully saturated rings. The van der Waals surface area contributed by atoms with Gasteiger partial charge in [-0.15, -0.1) is 0 Å². The molecule has 1 aromatic heterocycles. The van der Waals surface area contributed by atoms with E-state index in [0.29, 0.717) is 17.4 Å². The topological polar surface area (TPSA) is 42.0 Å². The highest BCUT2D eigenvalue weighted by Crippen LogP contribution is 2.28. The summed E-state index contributed by atoms with van der Waals surface area (Å²) in [4.78, 5) is 15.5. The Labute approximate surface area is 107 Å². The van der Waals surface area contributed by atoms with Gasteiger partial charge < -0.3 is 5.32 Å². The molecule has 1 aliphatic rings. The van der Waals surface area contributed by atoms with E-state index in [1.165, 1.54) is 24.8 Å². The van der Waals surface area contributed by atoms with Crippen LogP contribution in [0.1, 0.15) is 43.5 Å². The molecule has 2 atom stereocenters. The first-order valence-electron chi connectivity index (χ1n) is 6.47. The maximum absolute atomic E-state index is 12.7. The Morgan fingerprint density at radius 1 is 1.28 bits per heavy atom. The number of hydrogen-bond acceptors (Lipinski definition) is 2. The number of rotatable bonds is 2. The molecule has 0 aliphatic heterocycles. The van der Waals surface area contributed by atoms with Gasteiger partial charge >= 0.3 is 0 Å². The number of amides is 1. The van der Waals surface area contributed by atoms with Crippen molar-refractivity contribution in [1.82, 2.24) is 10.3 Å². The molecule has 1 aromatic rings. The van der Waals surface area contributed by atoms with Crippen molar-refractivity contribution in [1.29, 1.82) is 0 Å². The maximum Gasteiger partial charge on any atom is 0.253 e. The van der Waals surface area contributed by atoms with E-state index in [-0.39, 0.29) is 11.9 Å². The molecule has 98 valence electrons. The van der Waals surface area contributed by atoms with Crippen LogP contribution in [0.25, 0.3) is 0 Å². The van der Waals surface area contributed by atoms with Crippen LogP contribution in [0.15, 0.2) is 18.3 Å². The first-order valence-corrected chi connectivity index (χ1v) is 6.47. The second-order valence-electron chi connectivity index (χ2n) is 5.46. The number of pyridine rings is 1. The zero-order chi connectivity index (χ0) is 13.1. The third kappa shape index (κ3) is 3.28. The fraction of sp³-hybridized carbons (Fsp3) is 0.571. The van der Waals surface area contributed by atoms with Crippen LogP contribution in [-0.4, -0.2) is 16.9 Å². The molecule has 2 rings (SSSR count). The summed E-state index contributed by atoms with van der Waals surface area (Å²) in [6.45, 7) is 4.43. The number of hydrogen-bond donors (Lipinski definition) is 1. The quantitative estimate of drug-likeness (QED) is 0.820. The molecule has 0 saturated heterocycles. The Balaban J connectivity index is 1.96. The summed E-state index contributed by atoms with van der Waals surface area (Å²) in [7, 11) is 0. The highest BCUT2D eigenvalue weighted by Gasteiger charge is 2.25. The number of nitrogens with one attached hydrogen (secondary N) is 1. The Morgan fingerprint density at radius 2 is 1.94 bits per heavy atom. The van der Waals surface area contributed by atoms with E-state index in [4.69, 9.17) is 0 Å². The monoisotopic (exact) mass is 250 g/mol. The molecular weight excluding hydrogens is 231 g/mol. The van der Waals surface area contributed by atoms with Gasteiger partial charge in [0.2, 0.25) is 5.95 Å². The summed E-state index contributed by atoms with van der Waals surface area (Å²) >= 11 is 0. The third-order valence-corrected chi connectivity index (χ3v) is 3.50. The van der Waals surface area contributed by atoms with E-state index in [9.17, 15) is 9.18 Å². The fourth-order valence-corrected chi connectivity index (χ4v) is 2.84. The molecule has 1 amide bonds. The first kappa shape index (κ1) is 13.0. The molecule has 0 bridgehead atoms. The van der Waals surface area contributed by atoms with E-state index < -0.39 is 5.95 Å². The standard InChI is InChI=1S/C14H19FN2O/c1-9-5-10(2)7-12(6-9)17-14(18)11-3-4-13(15)16-8-11/h3-4,8-10,12H,5-7H2,1-2H3,(H,17,18). The Morgan fingerprint density at radius 3 is 2.50 bits per heavy atom. The Kier molecular flexibility index (Phi) is 3.94. The van der Waals surface area contributed by atoms with Crippen LogP contribution in [0.4, 0.5) is 4.39 Å². The first-order chi connectivity index (χ1) is 8.54. The molecule has 0 spiro atoms. The van der Waals surface area contributed by atoms with Crippen molar-refractivity contribution in [3.63, 3.8) is 0 Å². The van der Waals surface area contributed by atoms with Gasteiger partial charge in [-0.05, 0) is 43.2 Å². The van der Waals surface area contributed by atoms with Crippen molar-refractivity contribution >= 4 is 5.91 Å². The summed E-state index contributed by atoms with van der Waals surface area (Å²) in [5.41, 5.74) is 0.419. The molecule has 4 heteroatoms. The number of carbonyl (C=O) groups is 1. The van der Waals surface area contributed by atoms with Gasteiger partial charge in [0, 0.05) is 12.2 Å². The van der Waals surface area contributed by atoms with E-state index in [0.717, 1.165) is 12.8 Å². The summed E-state index contributed by atoms with van der Waals surface area (Å²) in [6.07, 6.45) is 4.54. The molecule has 1 N–H and O–H groups in total. The minimum Gasteiger partial charge on any atom is -0.349 e. The lowest BCUT2D eigenvalue weighted by Crippen LogP contribution is -2.40. The van der Waals surface area contributed by atoms with Crippen LogP contribution in [0.2, 0.25) is 0 Å². The van der Waals surface area contributed by atoms with Crippen LogP contribution < -0.4 is 5.32 Å². The second-order valence-corrected chi connectivity index (χ2v) is 5.46. The van der Waals surface area contributed by atoms with Gasteiger partial charge in [-0.2, -0.15) is 4.39 Å². The lowest BCUT2D eigenvalue weighted by molar-refractivity contribution is 0.0910. The van der Waals surface area contributed by atoms with Crippen LogP contribution in [0.3, 0.4) is 0 Å². The second kappa shape index (κ2) is 5.46. The average molecular weight is 250 g/mol. The van der Waals surface area contributed by atoms with E-state index in [1.807, 2.05) is 0 Å². The third-order valence-electron chi connectivity index (χ3n) is 3.50. The summed E-state index contributed by atoms with van der Waals surface area (Å²) in [5.74, 6) is 0.566. The Bertz CT molecular complexity index is 408. The van der Waals surface area contributed by atoms with Crippen LogP contribution in [0.5, 0.6) is 0 Å². The normalized spacial score (nSPS) is 27.8. The van der Waals surface area contributed by atoms with E-state index >= 15 is 0 Å². The zero-order valence-corrected chi connectivity index (χ0v) is 10.8. The van der Waals surface area contributed by atoms with Gasteiger partial charge in [0.25, 0.3) is 5.91 Å². The number of aromatic nitrogens is 1. The van der Waals surface area contributed by atoms with Crippen molar-refractivity contribution in [3.05, 3.63) is 29.8 Å². The largest absolute Gasteiger partial charge is 0.349 e. The predicted octanol–water partition coefficient (Wildman–Crippen LogP) is 2.78. The minimum atomic E-state index is -0.563. The van der Waals surface area contributed by atoms with Gasteiger partial charge in [0.05, 0.1) is 5.56 Å². The van der Waals surface area contributed by atoms with E-state index in [1.54, 1.807) is 0 Å². The van der Waals surface area contributed by atoms with Crippen molar-refractivity contribution in [2.75, 3.05) is 0 Å². The molecule has 0 radical (unpaired) electrons. The molecule has 0 aromatic carbocycles. The molecule has 18 heavy (non-hydrogen) atoms. The Hall–Kier alpha value is -1.45. The van der Waals surface area contributed by atoms with Crippen LogP contribution in [0, 0.1) is 17.8 Å². The van der Waals surface area contributed by atoms with Gasteiger partial charge in [-0.1, -0.05) is 13.8 Å². The average Bonchev–Trinajstić information content (AvgIpc) is 2.28. The maximum atomic E-state index is 12.7. The molecule has 1 aliphatic carbocycles. The molecular formula is C14H19FN2O. The molecule has 2 unspecified atom stereocenters. The van der Waals surface area contributed by atoms with Crippen molar-refractivity contribution in [2.45, 2.75) is 39.2 Å². The highest BCUT2D eigenvalue weighted by atomic mass is 19.1. The van der Waals surface area contributed by atoms with Gasteiger partial charge in [0.15, 0.2) is 0 Å². The molecule has 1 heterocycles. The SMILES string of the molecule is CC1CC(C)CC(NC(=O)c2ccc(F)nc2)C1. The molecule has 3 nitrogen and oxygen atoms in total. The van der Waals surface area contributed by atoms with E-state index in [2.05, 4.69) is 24.1 Å². The van der Waals surface area contributed by atoms with Crippen molar-refractivity contribution in [3.8, 4) is 0 Å². The minimum absolute atomic E-state index is 0.159. The molecule has 1 saturated carbocycles. The van der Waals surface area contributed by atoms with Crippen LogP contribution in [-0.2, 0) is 0 Å². The zero-order valence-electron chi connectivity index (χ0n) is 10.8. The fourth-order valence-electron chi connectivity index (χ4n) is 2.84. The number of halogens is 1. The number of nitrogens with zero attached hydrogens (tertiary/aromatic N) is 1. The van der Waals surface area contributed by atoms with Gasteiger partial charge in [0.1, 0.15) is 0 Å². The van der Waals surface area contributed by atoms with Crippen molar-refractivity contribution < 1.29 is 9.18 Å². The van der Waals surface area contributed by atoms with Crippen LogP contribution >= 0.6 is 0 Å².